The third-order valence-corrected chi connectivity index (χ3v) is 5.43. The van der Waals surface area contributed by atoms with Crippen molar-refractivity contribution in [2.75, 3.05) is 0 Å². The van der Waals surface area contributed by atoms with Crippen molar-refractivity contribution in [3.05, 3.63) is 48.0 Å². The zero-order valence-corrected chi connectivity index (χ0v) is 16.5. The Labute approximate surface area is 161 Å². The summed E-state index contributed by atoms with van der Waals surface area (Å²) in [6.45, 7) is 2.18. The molecule has 0 aromatic heterocycles. The van der Waals surface area contributed by atoms with Gasteiger partial charge in [0.2, 0.25) is 0 Å². The molecule has 0 fully saturated rings. The van der Waals surface area contributed by atoms with E-state index in [1.165, 1.54) is 43.9 Å². The van der Waals surface area contributed by atoms with Crippen LogP contribution in [0.25, 0.3) is 0 Å². The number of aromatic hydroxyl groups is 1. The maximum Gasteiger partial charge on any atom is 0.298 e. The van der Waals surface area contributed by atoms with Crippen molar-refractivity contribution in [2.24, 2.45) is 0 Å². The second-order valence-corrected chi connectivity index (χ2v) is 8.02. The molecule has 6 heteroatoms. The molecular weight excluding hydrogens is 364 g/mol. The summed E-state index contributed by atoms with van der Waals surface area (Å²) in [6, 6.07) is 11.2. The first-order valence-electron chi connectivity index (χ1n) is 9.48. The second kappa shape index (κ2) is 10.3. The summed E-state index contributed by atoms with van der Waals surface area (Å²) >= 11 is 0. The number of para-hydroxylation sites is 2. The molecule has 0 saturated heterocycles. The molecule has 0 amide bonds. The molecule has 2 N–H and O–H groups in total. The van der Waals surface area contributed by atoms with Gasteiger partial charge in [0.1, 0.15) is 10.6 Å². The van der Waals surface area contributed by atoms with Crippen molar-refractivity contribution < 1.29 is 22.8 Å². The fraction of sp³-hybridized carbons (Fsp3) is 0.429. The van der Waals surface area contributed by atoms with E-state index in [2.05, 4.69) is 6.92 Å². The highest BCUT2D eigenvalue weighted by molar-refractivity contribution is 7.86. The van der Waals surface area contributed by atoms with E-state index in [4.69, 9.17) is 4.74 Å². The van der Waals surface area contributed by atoms with E-state index in [0.717, 1.165) is 19.3 Å². The highest BCUT2D eigenvalue weighted by Crippen LogP contribution is 2.35. The van der Waals surface area contributed by atoms with Gasteiger partial charge in [-0.25, -0.2) is 0 Å². The van der Waals surface area contributed by atoms with Crippen LogP contribution in [0.2, 0.25) is 0 Å². The molecule has 0 spiro atoms. The first-order chi connectivity index (χ1) is 12.9. The summed E-state index contributed by atoms with van der Waals surface area (Å²) in [5.41, 5.74) is 0.527. The van der Waals surface area contributed by atoms with Crippen LogP contribution in [0.15, 0.2) is 47.4 Å². The number of aryl methyl sites for hydroxylation is 1. The summed E-state index contributed by atoms with van der Waals surface area (Å²) in [4.78, 5) is -0.223. The van der Waals surface area contributed by atoms with Crippen molar-refractivity contribution in [1.29, 1.82) is 0 Å². The van der Waals surface area contributed by atoms with Crippen LogP contribution in [0.4, 0.5) is 0 Å². The number of rotatable bonds is 11. The number of benzene rings is 2. The number of phenolic OH excluding ortho intramolecular Hbond substituents is 1. The van der Waals surface area contributed by atoms with Gasteiger partial charge in [0.05, 0.1) is 0 Å². The average Bonchev–Trinajstić information content (AvgIpc) is 2.62. The third kappa shape index (κ3) is 6.56. The lowest BCUT2D eigenvalue weighted by atomic mass is 10.0. The van der Waals surface area contributed by atoms with Gasteiger partial charge in [-0.15, -0.1) is 0 Å². The van der Waals surface area contributed by atoms with Gasteiger partial charge in [-0.3, -0.25) is 4.55 Å². The van der Waals surface area contributed by atoms with Gasteiger partial charge >= 0.3 is 0 Å². The van der Waals surface area contributed by atoms with Crippen molar-refractivity contribution >= 4 is 10.1 Å². The van der Waals surface area contributed by atoms with E-state index >= 15 is 0 Å². The van der Waals surface area contributed by atoms with Crippen molar-refractivity contribution in [3.8, 4) is 17.2 Å². The quantitative estimate of drug-likeness (QED) is 0.377. The average molecular weight is 393 g/mol. The molecule has 0 saturated carbocycles. The second-order valence-electron chi connectivity index (χ2n) is 6.66. The number of hydrogen-bond donors (Lipinski definition) is 2. The standard InChI is InChI=1S/C21H28O5S/c1-2-3-4-5-6-7-8-12-17-13-11-16-20(21(17)27(23,24)25)26-19-15-10-9-14-18(19)22/h9-11,13-16,22H,2-8,12H2,1H3,(H,23,24,25). The summed E-state index contributed by atoms with van der Waals surface area (Å²) in [5.74, 6) is 0.0474. The van der Waals surface area contributed by atoms with E-state index in [9.17, 15) is 18.1 Å². The van der Waals surface area contributed by atoms with E-state index in [-0.39, 0.29) is 22.1 Å². The van der Waals surface area contributed by atoms with Gasteiger partial charge in [-0.05, 0) is 36.6 Å². The molecule has 0 aliphatic rings. The lowest BCUT2D eigenvalue weighted by Gasteiger charge is -2.14. The Balaban J connectivity index is 2.12. The molecule has 0 aliphatic carbocycles. The van der Waals surface area contributed by atoms with Crippen LogP contribution in [-0.4, -0.2) is 18.1 Å². The van der Waals surface area contributed by atoms with Crippen LogP contribution >= 0.6 is 0 Å². The molecule has 0 radical (unpaired) electrons. The predicted octanol–water partition coefficient (Wildman–Crippen LogP) is 5.72. The number of unbranched alkanes of at least 4 members (excludes halogenated alkanes) is 6. The Bertz CT molecular complexity index is 830. The van der Waals surface area contributed by atoms with E-state index in [1.807, 2.05) is 0 Å². The summed E-state index contributed by atoms with van der Waals surface area (Å²) in [6.07, 6.45) is 8.40. The Morgan fingerprint density at radius 1 is 0.852 bits per heavy atom. The van der Waals surface area contributed by atoms with Crippen LogP contribution in [0.5, 0.6) is 17.2 Å². The zero-order valence-electron chi connectivity index (χ0n) is 15.7. The van der Waals surface area contributed by atoms with Gasteiger partial charge in [0, 0.05) is 0 Å². The van der Waals surface area contributed by atoms with Gasteiger partial charge in [-0.2, -0.15) is 8.42 Å². The predicted molar refractivity (Wildman–Crippen MR) is 106 cm³/mol. The summed E-state index contributed by atoms with van der Waals surface area (Å²) < 4.78 is 39.3. The molecule has 0 atom stereocenters. The molecule has 2 aromatic carbocycles. The molecule has 0 bridgehead atoms. The van der Waals surface area contributed by atoms with Crippen LogP contribution < -0.4 is 4.74 Å². The topological polar surface area (TPSA) is 83.8 Å². The van der Waals surface area contributed by atoms with Gasteiger partial charge in [0.25, 0.3) is 10.1 Å². The Kier molecular flexibility index (Phi) is 8.13. The molecule has 27 heavy (non-hydrogen) atoms. The molecule has 0 unspecified atom stereocenters. The maximum absolute atomic E-state index is 12.0. The summed E-state index contributed by atoms with van der Waals surface area (Å²) in [5, 5.41) is 9.86. The van der Waals surface area contributed by atoms with E-state index in [0.29, 0.717) is 12.0 Å². The van der Waals surface area contributed by atoms with Crippen LogP contribution in [-0.2, 0) is 16.5 Å². The minimum atomic E-state index is -4.46. The minimum Gasteiger partial charge on any atom is -0.504 e. The van der Waals surface area contributed by atoms with Crippen LogP contribution in [0, 0.1) is 0 Å². The SMILES string of the molecule is CCCCCCCCCc1cccc(Oc2ccccc2O)c1S(=O)(=O)O. The van der Waals surface area contributed by atoms with Gasteiger partial charge < -0.3 is 9.84 Å². The van der Waals surface area contributed by atoms with Crippen molar-refractivity contribution in [2.45, 2.75) is 63.2 Å². The summed E-state index contributed by atoms with van der Waals surface area (Å²) in [7, 11) is -4.46. The molecule has 2 rings (SSSR count). The largest absolute Gasteiger partial charge is 0.504 e. The monoisotopic (exact) mass is 392 g/mol. The van der Waals surface area contributed by atoms with E-state index < -0.39 is 10.1 Å². The number of hydrogen-bond acceptors (Lipinski definition) is 4. The first-order valence-corrected chi connectivity index (χ1v) is 10.9. The fourth-order valence-electron chi connectivity index (χ4n) is 3.07. The molecule has 2 aromatic rings. The van der Waals surface area contributed by atoms with Crippen molar-refractivity contribution in [3.63, 3.8) is 0 Å². The first kappa shape index (κ1) is 21.3. The molecule has 148 valence electrons. The lowest BCUT2D eigenvalue weighted by Crippen LogP contribution is -2.06. The van der Waals surface area contributed by atoms with Crippen LogP contribution in [0.3, 0.4) is 0 Å². The van der Waals surface area contributed by atoms with Gasteiger partial charge in [-0.1, -0.05) is 69.7 Å². The highest BCUT2D eigenvalue weighted by atomic mass is 32.2. The highest BCUT2D eigenvalue weighted by Gasteiger charge is 2.22. The zero-order chi connectivity index (χ0) is 19.7. The Morgan fingerprint density at radius 2 is 1.48 bits per heavy atom. The lowest BCUT2D eigenvalue weighted by molar-refractivity contribution is 0.401. The molecule has 0 aliphatic heterocycles. The maximum atomic E-state index is 12.0. The van der Waals surface area contributed by atoms with Gasteiger partial charge in [0.15, 0.2) is 11.5 Å². The van der Waals surface area contributed by atoms with E-state index in [1.54, 1.807) is 24.3 Å². The Hall–Kier alpha value is -2.05. The fourth-order valence-corrected chi connectivity index (χ4v) is 3.93. The smallest absolute Gasteiger partial charge is 0.298 e. The molecule has 5 nitrogen and oxygen atoms in total. The normalized spacial score (nSPS) is 11.5. The number of ether oxygens (including phenoxy) is 1. The third-order valence-electron chi connectivity index (χ3n) is 4.45. The molecule has 0 heterocycles. The van der Waals surface area contributed by atoms with Crippen LogP contribution in [0.1, 0.15) is 57.4 Å². The van der Waals surface area contributed by atoms with Crippen molar-refractivity contribution in [1.82, 2.24) is 0 Å². The molecular formula is C21H28O5S. The number of phenols is 1. The minimum absolute atomic E-state index is 0.0134. The Morgan fingerprint density at radius 3 is 2.15 bits per heavy atom.